The van der Waals surface area contributed by atoms with E-state index in [-0.39, 0.29) is 18.1 Å². The minimum atomic E-state index is -0.610. The number of anilines is 1. The van der Waals surface area contributed by atoms with Crippen molar-refractivity contribution < 1.29 is 24.9 Å². The van der Waals surface area contributed by atoms with Gasteiger partial charge in [0.25, 0.3) is 0 Å². The third-order valence-electron chi connectivity index (χ3n) is 5.78. The Morgan fingerprint density at radius 3 is 1.97 bits per heavy atom. The monoisotopic (exact) mass is 447 g/mol. The second kappa shape index (κ2) is 11.3. The number of phenolic OH excluding ortho intramolecular Hbond substituents is 2. The number of nitrogens with zero attached hydrogens (tertiary/aromatic N) is 1. The SMILES string of the molecule is CCN(CCCCO)c1cccc(C(c2cc(C=O)ccc2O)c2cc(C=O)ccc2O)c1. The molecule has 0 atom stereocenters. The molecule has 3 aromatic rings. The summed E-state index contributed by atoms with van der Waals surface area (Å²) in [6.45, 7) is 3.76. The molecule has 6 nitrogen and oxygen atoms in total. The Hall–Kier alpha value is -3.64. The number of carbonyl (C=O) groups excluding carboxylic acids is 2. The fraction of sp³-hybridized carbons (Fsp3) is 0.259. The van der Waals surface area contributed by atoms with E-state index in [1.165, 1.54) is 24.3 Å². The number of hydrogen-bond acceptors (Lipinski definition) is 6. The van der Waals surface area contributed by atoms with Crippen molar-refractivity contribution in [3.05, 3.63) is 88.5 Å². The smallest absolute Gasteiger partial charge is 0.150 e. The van der Waals surface area contributed by atoms with Gasteiger partial charge in [-0.05, 0) is 73.9 Å². The number of phenols is 2. The molecule has 0 heterocycles. The number of carbonyl (C=O) groups is 2. The van der Waals surface area contributed by atoms with Crippen LogP contribution in [0.4, 0.5) is 5.69 Å². The molecule has 0 unspecified atom stereocenters. The van der Waals surface area contributed by atoms with Crippen molar-refractivity contribution in [3.8, 4) is 11.5 Å². The van der Waals surface area contributed by atoms with Crippen molar-refractivity contribution in [3.63, 3.8) is 0 Å². The molecule has 0 bridgehead atoms. The summed E-state index contributed by atoms with van der Waals surface area (Å²) in [6.07, 6.45) is 2.98. The highest BCUT2D eigenvalue weighted by atomic mass is 16.3. The maximum atomic E-state index is 11.4. The van der Waals surface area contributed by atoms with Gasteiger partial charge < -0.3 is 20.2 Å². The summed E-state index contributed by atoms with van der Waals surface area (Å²) in [5, 5.41) is 30.5. The van der Waals surface area contributed by atoms with Crippen molar-refractivity contribution in [2.75, 3.05) is 24.6 Å². The van der Waals surface area contributed by atoms with Crippen molar-refractivity contribution in [2.45, 2.75) is 25.7 Å². The summed E-state index contributed by atoms with van der Waals surface area (Å²) in [4.78, 5) is 25.1. The minimum Gasteiger partial charge on any atom is -0.508 e. The van der Waals surface area contributed by atoms with Gasteiger partial charge in [-0.1, -0.05) is 12.1 Å². The van der Waals surface area contributed by atoms with E-state index in [0.717, 1.165) is 37.2 Å². The van der Waals surface area contributed by atoms with Gasteiger partial charge in [-0.3, -0.25) is 9.59 Å². The molecule has 33 heavy (non-hydrogen) atoms. The molecule has 3 rings (SSSR count). The number of hydrogen-bond donors (Lipinski definition) is 3. The Bertz CT molecular complexity index is 1050. The molecule has 172 valence electrons. The summed E-state index contributed by atoms with van der Waals surface area (Å²) in [5.74, 6) is -0.634. The summed E-state index contributed by atoms with van der Waals surface area (Å²) in [5.41, 5.74) is 3.47. The zero-order valence-corrected chi connectivity index (χ0v) is 18.6. The van der Waals surface area contributed by atoms with Crippen molar-refractivity contribution >= 4 is 18.3 Å². The quantitative estimate of drug-likeness (QED) is 0.227. The van der Waals surface area contributed by atoms with Gasteiger partial charge in [0.05, 0.1) is 0 Å². The Morgan fingerprint density at radius 2 is 1.45 bits per heavy atom. The second-order valence-corrected chi connectivity index (χ2v) is 7.91. The largest absolute Gasteiger partial charge is 0.508 e. The molecule has 0 saturated heterocycles. The number of aliphatic hydroxyl groups is 1. The third-order valence-corrected chi connectivity index (χ3v) is 5.78. The molecule has 0 aromatic heterocycles. The Morgan fingerprint density at radius 1 is 0.848 bits per heavy atom. The first-order valence-electron chi connectivity index (χ1n) is 11.0. The third kappa shape index (κ3) is 5.59. The second-order valence-electron chi connectivity index (χ2n) is 7.91. The Balaban J connectivity index is 2.17. The predicted molar refractivity (Wildman–Crippen MR) is 129 cm³/mol. The average Bonchev–Trinajstić information content (AvgIpc) is 2.84. The first-order chi connectivity index (χ1) is 16.0. The molecule has 3 N–H and O–H groups in total. The normalized spacial score (nSPS) is 10.9. The highest BCUT2D eigenvalue weighted by Gasteiger charge is 2.24. The van der Waals surface area contributed by atoms with Crippen LogP contribution in [0.1, 0.15) is 63.1 Å². The lowest BCUT2D eigenvalue weighted by Crippen LogP contribution is -2.24. The van der Waals surface area contributed by atoms with Crippen molar-refractivity contribution in [1.82, 2.24) is 0 Å². The van der Waals surface area contributed by atoms with E-state index in [1.807, 2.05) is 24.3 Å². The number of rotatable bonds is 11. The van der Waals surface area contributed by atoms with E-state index in [1.54, 1.807) is 12.1 Å². The van der Waals surface area contributed by atoms with Gasteiger partial charge in [-0.15, -0.1) is 0 Å². The van der Waals surface area contributed by atoms with Crippen LogP contribution in [0.2, 0.25) is 0 Å². The van der Waals surface area contributed by atoms with E-state index < -0.39 is 5.92 Å². The molecule has 6 heteroatoms. The molecule has 0 amide bonds. The van der Waals surface area contributed by atoms with E-state index in [9.17, 15) is 19.8 Å². The summed E-state index contributed by atoms with van der Waals surface area (Å²) < 4.78 is 0. The maximum absolute atomic E-state index is 11.4. The fourth-order valence-corrected chi connectivity index (χ4v) is 4.07. The van der Waals surface area contributed by atoms with Crippen LogP contribution in [-0.4, -0.2) is 47.6 Å². The lowest BCUT2D eigenvalue weighted by Gasteiger charge is -2.26. The number of benzene rings is 3. The number of aromatic hydroxyl groups is 2. The highest BCUT2D eigenvalue weighted by Crippen LogP contribution is 2.41. The zero-order chi connectivity index (χ0) is 23.8. The lowest BCUT2D eigenvalue weighted by molar-refractivity contribution is 0.111. The number of unbranched alkanes of at least 4 members (excludes halogenated alkanes) is 1. The van der Waals surface area contributed by atoms with E-state index in [4.69, 9.17) is 5.11 Å². The summed E-state index contributed by atoms with van der Waals surface area (Å²) in [6, 6.07) is 17.0. The molecule has 0 fully saturated rings. The molecular formula is C27H29NO5. The van der Waals surface area contributed by atoms with Gasteiger partial charge in [0.1, 0.15) is 24.1 Å². The first kappa shape index (κ1) is 24.0. The molecule has 0 radical (unpaired) electrons. The topological polar surface area (TPSA) is 98.1 Å². The van der Waals surface area contributed by atoms with Crippen LogP contribution in [0.5, 0.6) is 11.5 Å². The maximum Gasteiger partial charge on any atom is 0.150 e. The molecule has 0 aliphatic rings. The van der Waals surface area contributed by atoms with Crippen molar-refractivity contribution in [2.24, 2.45) is 0 Å². The van der Waals surface area contributed by atoms with Crippen LogP contribution in [0.25, 0.3) is 0 Å². The molecule has 0 spiro atoms. The lowest BCUT2D eigenvalue weighted by atomic mass is 9.82. The van der Waals surface area contributed by atoms with Gasteiger partial charge >= 0.3 is 0 Å². The molecule has 0 saturated carbocycles. The van der Waals surface area contributed by atoms with E-state index in [0.29, 0.717) is 34.8 Å². The molecule has 0 aliphatic carbocycles. The van der Waals surface area contributed by atoms with E-state index in [2.05, 4.69) is 11.8 Å². The van der Waals surface area contributed by atoms with Crippen molar-refractivity contribution in [1.29, 1.82) is 0 Å². The van der Waals surface area contributed by atoms with Gasteiger partial charge in [0.15, 0.2) is 0 Å². The number of aldehydes is 2. The highest BCUT2D eigenvalue weighted by molar-refractivity contribution is 5.78. The van der Waals surface area contributed by atoms with Crippen LogP contribution in [0.15, 0.2) is 60.7 Å². The van der Waals surface area contributed by atoms with Crippen LogP contribution < -0.4 is 4.90 Å². The van der Waals surface area contributed by atoms with Crippen LogP contribution in [-0.2, 0) is 0 Å². The summed E-state index contributed by atoms with van der Waals surface area (Å²) >= 11 is 0. The molecular weight excluding hydrogens is 418 g/mol. The summed E-state index contributed by atoms with van der Waals surface area (Å²) in [7, 11) is 0. The fourth-order valence-electron chi connectivity index (χ4n) is 4.07. The van der Waals surface area contributed by atoms with E-state index >= 15 is 0 Å². The van der Waals surface area contributed by atoms with Gasteiger partial charge in [-0.25, -0.2) is 0 Å². The number of aliphatic hydroxyl groups excluding tert-OH is 1. The Kier molecular flexibility index (Phi) is 8.22. The molecule has 3 aromatic carbocycles. The minimum absolute atomic E-state index is 0.0118. The van der Waals surface area contributed by atoms with Gasteiger partial charge in [0, 0.05) is 53.6 Å². The van der Waals surface area contributed by atoms with Crippen LogP contribution in [0, 0.1) is 0 Å². The Labute approximate surface area is 193 Å². The van der Waals surface area contributed by atoms with Gasteiger partial charge in [0.2, 0.25) is 0 Å². The first-order valence-corrected chi connectivity index (χ1v) is 11.0. The average molecular weight is 448 g/mol. The zero-order valence-electron chi connectivity index (χ0n) is 18.6. The van der Waals surface area contributed by atoms with Crippen LogP contribution in [0.3, 0.4) is 0 Å². The predicted octanol–water partition coefficient (Wildman–Crippen LogP) is 4.50. The van der Waals surface area contributed by atoms with Crippen LogP contribution >= 0.6 is 0 Å². The standard InChI is InChI=1S/C27H29NO5/c1-2-28(12-3-4-13-29)22-7-5-6-21(16-22)27(23-14-19(17-30)8-10-25(23)32)24-15-20(18-31)9-11-26(24)33/h5-11,14-18,27,29,32-33H,2-4,12-13H2,1H3. The molecule has 0 aliphatic heterocycles. The van der Waals surface area contributed by atoms with Gasteiger partial charge in [-0.2, -0.15) is 0 Å².